The van der Waals surface area contributed by atoms with E-state index in [1.807, 2.05) is 31.2 Å². The predicted octanol–water partition coefficient (Wildman–Crippen LogP) is 2.50. The Morgan fingerprint density at radius 2 is 1.17 bits per heavy atom. The van der Waals surface area contributed by atoms with Crippen LogP contribution in [-0.4, -0.2) is 5.11 Å². The molecule has 3 nitrogen and oxygen atoms in total. The van der Waals surface area contributed by atoms with Gasteiger partial charge in [0, 0.05) is 11.4 Å². The highest BCUT2D eigenvalue weighted by atomic mass is 16.3. The summed E-state index contributed by atoms with van der Waals surface area (Å²) in [5, 5.41) is 10.9. The summed E-state index contributed by atoms with van der Waals surface area (Å²) in [6.45, 7) is 1.95. The third-order valence-electron chi connectivity index (χ3n) is 3.29. The molecule has 2 rings (SSSR count). The van der Waals surface area contributed by atoms with E-state index in [1.165, 1.54) is 0 Å². The lowest BCUT2D eigenvalue weighted by atomic mass is 9.84. The van der Waals surface area contributed by atoms with Crippen molar-refractivity contribution in [3.8, 4) is 0 Å². The summed E-state index contributed by atoms with van der Waals surface area (Å²) in [6, 6.07) is 14.6. The molecule has 0 saturated heterocycles. The highest BCUT2D eigenvalue weighted by molar-refractivity contribution is 5.47. The first-order valence-corrected chi connectivity index (χ1v) is 6.00. The number of hydrogen-bond donors (Lipinski definition) is 3. The number of benzene rings is 2. The average molecular weight is 242 g/mol. The Hall–Kier alpha value is -2.00. The van der Waals surface area contributed by atoms with Gasteiger partial charge in [0.25, 0.3) is 0 Å². The van der Waals surface area contributed by atoms with Crippen LogP contribution in [0, 0.1) is 0 Å². The first-order chi connectivity index (χ1) is 8.56. The zero-order chi connectivity index (χ0) is 13.2. The Bertz CT molecular complexity index is 472. The van der Waals surface area contributed by atoms with Crippen molar-refractivity contribution < 1.29 is 5.11 Å². The summed E-state index contributed by atoms with van der Waals surface area (Å²) in [4.78, 5) is 0. The van der Waals surface area contributed by atoms with Crippen LogP contribution in [0.2, 0.25) is 0 Å². The standard InChI is InChI=1S/C15H18N2O/c1-2-15(18,11-3-7-13(16)8-4-11)12-5-9-14(17)10-6-12/h3-10,18H,2,16-17H2,1H3. The van der Waals surface area contributed by atoms with E-state index in [0.717, 1.165) is 11.1 Å². The second-order valence-corrected chi connectivity index (χ2v) is 4.46. The minimum Gasteiger partial charge on any atom is -0.399 e. The Morgan fingerprint density at radius 3 is 1.44 bits per heavy atom. The van der Waals surface area contributed by atoms with E-state index in [-0.39, 0.29) is 0 Å². The molecule has 0 aliphatic carbocycles. The van der Waals surface area contributed by atoms with Crippen LogP contribution < -0.4 is 11.5 Å². The van der Waals surface area contributed by atoms with Crippen LogP contribution in [0.1, 0.15) is 24.5 Å². The molecule has 2 aromatic carbocycles. The van der Waals surface area contributed by atoms with E-state index >= 15 is 0 Å². The van der Waals surface area contributed by atoms with Gasteiger partial charge in [0.05, 0.1) is 0 Å². The molecule has 0 aliphatic heterocycles. The van der Waals surface area contributed by atoms with E-state index in [2.05, 4.69) is 0 Å². The molecule has 0 bridgehead atoms. The molecular formula is C15H18N2O. The van der Waals surface area contributed by atoms with Crippen LogP contribution in [0.25, 0.3) is 0 Å². The molecule has 0 unspecified atom stereocenters. The lowest BCUT2D eigenvalue weighted by molar-refractivity contribution is 0.0766. The van der Waals surface area contributed by atoms with E-state index in [9.17, 15) is 5.11 Å². The number of aliphatic hydroxyl groups is 1. The predicted molar refractivity (Wildman–Crippen MR) is 75.0 cm³/mol. The van der Waals surface area contributed by atoms with Gasteiger partial charge in [0.15, 0.2) is 0 Å². The summed E-state index contributed by atoms with van der Waals surface area (Å²) in [7, 11) is 0. The first-order valence-electron chi connectivity index (χ1n) is 6.00. The van der Waals surface area contributed by atoms with Crippen LogP contribution in [0.3, 0.4) is 0 Å². The van der Waals surface area contributed by atoms with Crippen LogP contribution in [0.5, 0.6) is 0 Å². The van der Waals surface area contributed by atoms with Crippen LogP contribution >= 0.6 is 0 Å². The van der Waals surface area contributed by atoms with Crippen molar-refractivity contribution in [1.82, 2.24) is 0 Å². The summed E-state index contributed by atoms with van der Waals surface area (Å²) in [6.07, 6.45) is 0.584. The van der Waals surface area contributed by atoms with Crippen molar-refractivity contribution >= 4 is 11.4 Å². The number of nitrogen functional groups attached to an aromatic ring is 2. The van der Waals surface area contributed by atoms with Crippen molar-refractivity contribution in [3.63, 3.8) is 0 Å². The molecule has 0 atom stereocenters. The topological polar surface area (TPSA) is 72.3 Å². The van der Waals surface area contributed by atoms with E-state index in [1.54, 1.807) is 24.3 Å². The second kappa shape index (κ2) is 4.70. The van der Waals surface area contributed by atoms with E-state index < -0.39 is 5.60 Å². The fraction of sp³-hybridized carbons (Fsp3) is 0.200. The average Bonchev–Trinajstić information content (AvgIpc) is 2.39. The zero-order valence-electron chi connectivity index (χ0n) is 10.4. The Balaban J connectivity index is 2.47. The van der Waals surface area contributed by atoms with Crippen LogP contribution in [0.15, 0.2) is 48.5 Å². The van der Waals surface area contributed by atoms with Gasteiger partial charge < -0.3 is 16.6 Å². The van der Waals surface area contributed by atoms with Gasteiger partial charge in [-0.3, -0.25) is 0 Å². The van der Waals surface area contributed by atoms with Crippen molar-refractivity contribution in [1.29, 1.82) is 0 Å². The van der Waals surface area contributed by atoms with Crippen LogP contribution in [0.4, 0.5) is 11.4 Å². The molecular weight excluding hydrogens is 224 g/mol. The minimum atomic E-state index is -0.999. The van der Waals surface area contributed by atoms with Gasteiger partial charge in [-0.2, -0.15) is 0 Å². The largest absolute Gasteiger partial charge is 0.399 e. The van der Waals surface area contributed by atoms with Crippen molar-refractivity contribution in [2.45, 2.75) is 18.9 Å². The maximum absolute atomic E-state index is 10.9. The van der Waals surface area contributed by atoms with Crippen LogP contribution in [-0.2, 0) is 5.60 Å². The normalized spacial score (nSPS) is 11.4. The molecule has 0 saturated carbocycles. The Morgan fingerprint density at radius 1 is 0.833 bits per heavy atom. The highest BCUT2D eigenvalue weighted by Crippen LogP contribution is 2.33. The highest BCUT2D eigenvalue weighted by Gasteiger charge is 2.29. The summed E-state index contributed by atoms with van der Waals surface area (Å²) in [5.41, 5.74) is 13.4. The van der Waals surface area contributed by atoms with Gasteiger partial charge >= 0.3 is 0 Å². The summed E-state index contributed by atoms with van der Waals surface area (Å²) >= 11 is 0. The molecule has 5 N–H and O–H groups in total. The van der Waals surface area contributed by atoms with Gasteiger partial charge in [-0.15, -0.1) is 0 Å². The van der Waals surface area contributed by atoms with Crippen molar-refractivity contribution in [2.24, 2.45) is 0 Å². The third-order valence-corrected chi connectivity index (χ3v) is 3.29. The van der Waals surface area contributed by atoms with Gasteiger partial charge in [0.1, 0.15) is 5.60 Å². The molecule has 0 fully saturated rings. The van der Waals surface area contributed by atoms with E-state index in [0.29, 0.717) is 17.8 Å². The lowest BCUT2D eigenvalue weighted by Gasteiger charge is -2.28. The lowest BCUT2D eigenvalue weighted by Crippen LogP contribution is -2.26. The van der Waals surface area contributed by atoms with Gasteiger partial charge in [-0.1, -0.05) is 31.2 Å². The maximum atomic E-state index is 10.9. The fourth-order valence-corrected chi connectivity index (χ4v) is 2.09. The number of anilines is 2. The zero-order valence-corrected chi connectivity index (χ0v) is 10.4. The van der Waals surface area contributed by atoms with Gasteiger partial charge in [-0.25, -0.2) is 0 Å². The molecule has 0 aromatic heterocycles. The summed E-state index contributed by atoms with van der Waals surface area (Å²) in [5.74, 6) is 0. The SMILES string of the molecule is CCC(O)(c1ccc(N)cc1)c1ccc(N)cc1. The molecule has 0 aliphatic rings. The quantitative estimate of drug-likeness (QED) is 0.724. The maximum Gasteiger partial charge on any atom is 0.114 e. The molecule has 0 spiro atoms. The van der Waals surface area contributed by atoms with Crippen molar-refractivity contribution in [3.05, 3.63) is 59.7 Å². The number of nitrogens with two attached hydrogens (primary N) is 2. The molecule has 18 heavy (non-hydrogen) atoms. The molecule has 94 valence electrons. The van der Waals surface area contributed by atoms with E-state index in [4.69, 9.17) is 11.5 Å². The molecule has 3 heteroatoms. The number of rotatable bonds is 3. The second-order valence-electron chi connectivity index (χ2n) is 4.46. The fourth-order valence-electron chi connectivity index (χ4n) is 2.09. The Kier molecular flexibility index (Phi) is 3.26. The summed E-state index contributed by atoms with van der Waals surface area (Å²) < 4.78 is 0. The van der Waals surface area contributed by atoms with Gasteiger partial charge in [-0.05, 0) is 41.8 Å². The van der Waals surface area contributed by atoms with Crippen molar-refractivity contribution in [2.75, 3.05) is 11.5 Å². The molecule has 0 amide bonds. The number of hydrogen-bond acceptors (Lipinski definition) is 3. The monoisotopic (exact) mass is 242 g/mol. The molecule has 0 radical (unpaired) electrons. The molecule has 0 heterocycles. The van der Waals surface area contributed by atoms with Gasteiger partial charge in [0.2, 0.25) is 0 Å². The third kappa shape index (κ3) is 2.17. The molecule has 2 aromatic rings. The minimum absolute atomic E-state index is 0.584. The first kappa shape index (κ1) is 12.5. The smallest absolute Gasteiger partial charge is 0.114 e. The Labute approximate surface area is 107 Å².